The average Bonchev–Trinajstić information content (AvgIpc) is 2.35. The minimum atomic E-state index is -0.462. The van der Waals surface area contributed by atoms with Crippen LogP contribution >= 0.6 is 15.3 Å². The highest BCUT2D eigenvalue weighted by molar-refractivity contribution is 9.24. The molecule has 0 fully saturated rings. The quantitative estimate of drug-likeness (QED) is 0.562. The summed E-state index contributed by atoms with van der Waals surface area (Å²) in [5.74, 6) is 0. The zero-order chi connectivity index (χ0) is 11.4. The first-order valence-electron chi connectivity index (χ1n) is 5.48. The van der Waals surface area contributed by atoms with Crippen LogP contribution in [0.4, 0.5) is 0 Å². The highest BCUT2D eigenvalue weighted by atomic mass is 79.9. The molecule has 2 heteroatoms. The van der Waals surface area contributed by atoms with E-state index in [9.17, 15) is 0 Å². The predicted octanol–water partition coefficient (Wildman–Crippen LogP) is 4.80. The first kappa shape index (κ1) is 11.6. The molecule has 0 aliphatic carbocycles. The molecule has 2 aromatic carbocycles. The van der Waals surface area contributed by atoms with E-state index in [4.69, 9.17) is 0 Å². The molecule has 0 heterocycles. The van der Waals surface area contributed by atoms with E-state index in [0.717, 1.165) is 0 Å². The molecule has 1 radical (unpaired) electrons. The Morgan fingerprint density at radius 3 is 2.69 bits per heavy atom. The maximum absolute atomic E-state index is 3.71. The van der Waals surface area contributed by atoms with Gasteiger partial charge in [-0.25, -0.2) is 0 Å². The van der Waals surface area contributed by atoms with Crippen molar-refractivity contribution in [3.05, 3.63) is 53.7 Å². The molecule has 0 N–H and O–H groups in total. The molecule has 0 bridgehead atoms. The number of fused-ring (bicyclic) bond motifs is 1. The zero-order valence-corrected chi connectivity index (χ0v) is 11.9. The Hall–Kier alpha value is -0.863. The lowest BCUT2D eigenvalue weighted by molar-refractivity contribution is 1.46. The molecule has 81 valence electrons. The summed E-state index contributed by atoms with van der Waals surface area (Å²) in [4.78, 5) is 0. The van der Waals surface area contributed by atoms with Gasteiger partial charge in [-0.15, -0.1) is 15.3 Å². The minimum absolute atomic E-state index is 0.462. The van der Waals surface area contributed by atoms with Crippen molar-refractivity contribution in [3.8, 4) is 0 Å². The molecule has 16 heavy (non-hydrogen) atoms. The van der Waals surface area contributed by atoms with Crippen molar-refractivity contribution in [2.75, 3.05) is 0 Å². The molecule has 0 aliphatic rings. The van der Waals surface area contributed by atoms with Gasteiger partial charge in [0.2, 0.25) is 0 Å². The van der Waals surface area contributed by atoms with E-state index < -0.39 is 7.42 Å². The molecule has 0 saturated heterocycles. The number of halogens is 1. The number of rotatable bonds is 3. The molecule has 2 aromatic rings. The highest BCUT2D eigenvalue weighted by Crippen LogP contribution is 2.20. The second-order valence-electron chi connectivity index (χ2n) is 3.70. The Kier molecular flexibility index (Phi) is 3.96. The van der Waals surface area contributed by atoms with Crippen LogP contribution in [0, 0.1) is 0 Å². The molecular formula is C14H14BrSi. The fraction of sp³-hybridized carbons (Fsp3) is 0.143. The number of hydrogen-bond acceptors (Lipinski definition) is 0. The lowest BCUT2D eigenvalue weighted by Gasteiger charge is -2.02. The van der Waals surface area contributed by atoms with Crippen LogP contribution in [0.2, 0.25) is 6.04 Å². The van der Waals surface area contributed by atoms with Crippen LogP contribution in [0.5, 0.6) is 0 Å². The zero-order valence-electron chi connectivity index (χ0n) is 9.28. The number of hydrogen-bond donors (Lipinski definition) is 0. The summed E-state index contributed by atoms with van der Waals surface area (Å²) in [6, 6.07) is 16.2. The van der Waals surface area contributed by atoms with Crippen molar-refractivity contribution in [1.82, 2.24) is 0 Å². The third kappa shape index (κ3) is 2.63. The van der Waals surface area contributed by atoms with Gasteiger partial charge in [0.15, 0.2) is 7.42 Å². The van der Waals surface area contributed by atoms with E-state index in [0.29, 0.717) is 0 Å². The van der Waals surface area contributed by atoms with Gasteiger partial charge >= 0.3 is 0 Å². The summed E-state index contributed by atoms with van der Waals surface area (Å²) >= 11 is 3.71. The molecule has 0 atom stereocenters. The smallest absolute Gasteiger partial charge is 0.123 e. The van der Waals surface area contributed by atoms with Gasteiger partial charge in [0, 0.05) is 0 Å². The second-order valence-corrected chi connectivity index (χ2v) is 8.69. The Bertz CT molecular complexity index is 500. The third-order valence-electron chi connectivity index (χ3n) is 2.60. The van der Waals surface area contributed by atoms with Gasteiger partial charge in [-0.2, -0.15) is 0 Å². The Morgan fingerprint density at radius 1 is 1.12 bits per heavy atom. The molecular weight excluding hydrogens is 276 g/mol. The molecule has 0 aromatic heterocycles. The van der Waals surface area contributed by atoms with Crippen LogP contribution in [0.25, 0.3) is 16.8 Å². The summed E-state index contributed by atoms with van der Waals surface area (Å²) in [6.07, 6.45) is 2.24. The van der Waals surface area contributed by atoms with Gasteiger partial charge in [-0.05, 0) is 22.4 Å². The minimum Gasteiger partial charge on any atom is -0.123 e. The summed E-state index contributed by atoms with van der Waals surface area (Å²) in [5.41, 5.74) is 3.63. The van der Waals surface area contributed by atoms with Gasteiger partial charge in [-0.3, -0.25) is 0 Å². The summed E-state index contributed by atoms with van der Waals surface area (Å²) in [5, 5.41) is 2.64. The molecule has 0 aliphatic heterocycles. The summed E-state index contributed by atoms with van der Waals surface area (Å²) < 4.78 is 0. The maximum Gasteiger partial charge on any atom is 0.161 e. The standard InChI is InChI=1S/C14H14BrSi/c1-2-16(15)11-10-13-8-5-7-12-6-3-4-9-14(12)13/h3-11H,2H2,1H3. The van der Waals surface area contributed by atoms with Gasteiger partial charge in [0.1, 0.15) is 0 Å². The fourth-order valence-electron chi connectivity index (χ4n) is 1.69. The van der Waals surface area contributed by atoms with Crippen molar-refractivity contribution in [1.29, 1.82) is 0 Å². The molecule has 2 rings (SSSR count). The van der Waals surface area contributed by atoms with Crippen LogP contribution in [0.3, 0.4) is 0 Å². The highest BCUT2D eigenvalue weighted by Gasteiger charge is 1.99. The lowest BCUT2D eigenvalue weighted by atomic mass is 10.1. The summed E-state index contributed by atoms with van der Waals surface area (Å²) in [7, 11) is -0.462. The molecule has 0 nitrogen and oxygen atoms in total. The first-order chi connectivity index (χ1) is 7.81. The van der Waals surface area contributed by atoms with Crippen LogP contribution in [-0.2, 0) is 0 Å². The van der Waals surface area contributed by atoms with Crippen molar-refractivity contribution < 1.29 is 0 Å². The van der Waals surface area contributed by atoms with Crippen LogP contribution in [0.1, 0.15) is 12.5 Å². The van der Waals surface area contributed by atoms with Gasteiger partial charge in [-0.1, -0.05) is 61.2 Å². The molecule has 0 saturated carbocycles. The average molecular weight is 290 g/mol. The summed E-state index contributed by atoms with van der Waals surface area (Å²) in [6.45, 7) is 2.22. The van der Waals surface area contributed by atoms with Crippen LogP contribution < -0.4 is 0 Å². The topological polar surface area (TPSA) is 0 Å². The third-order valence-corrected chi connectivity index (χ3v) is 6.28. The molecule has 0 unspecified atom stereocenters. The maximum atomic E-state index is 3.71. The van der Waals surface area contributed by atoms with E-state index in [1.54, 1.807) is 0 Å². The fourth-order valence-corrected chi connectivity index (χ4v) is 2.69. The van der Waals surface area contributed by atoms with Gasteiger partial charge < -0.3 is 0 Å². The van der Waals surface area contributed by atoms with Crippen molar-refractivity contribution in [2.24, 2.45) is 0 Å². The van der Waals surface area contributed by atoms with Crippen molar-refractivity contribution in [2.45, 2.75) is 13.0 Å². The predicted molar refractivity (Wildman–Crippen MR) is 78.1 cm³/mol. The Morgan fingerprint density at radius 2 is 1.88 bits per heavy atom. The van der Waals surface area contributed by atoms with E-state index in [-0.39, 0.29) is 0 Å². The normalized spacial score (nSPS) is 11.7. The van der Waals surface area contributed by atoms with Crippen LogP contribution in [-0.4, -0.2) is 7.42 Å². The molecule has 0 amide bonds. The van der Waals surface area contributed by atoms with Crippen LogP contribution in [0.15, 0.2) is 48.2 Å². The van der Waals surface area contributed by atoms with Gasteiger partial charge in [0.05, 0.1) is 0 Å². The van der Waals surface area contributed by atoms with E-state index in [2.05, 4.69) is 76.5 Å². The van der Waals surface area contributed by atoms with Crippen molar-refractivity contribution >= 4 is 39.6 Å². The molecule has 0 spiro atoms. The monoisotopic (exact) mass is 289 g/mol. The SMILES string of the molecule is CC[Si](Br)C=Cc1cccc2ccccc12. The van der Waals surface area contributed by atoms with E-state index in [1.807, 2.05) is 0 Å². The van der Waals surface area contributed by atoms with Gasteiger partial charge in [0.25, 0.3) is 0 Å². The van der Waals surface area contributed by atoms with Crippen molar-refractivity contribution in [3.63, 3.8) is 0 Å². The first-order valence-corrected chi connectivity index (χ1v) is 9.52. The van der Waals surface area contributed by atoms with E-state index in [1.165, 1.54) is 22.4 Å². The Balaban J connectivity index is 2.41. The largest absolute Gasteiger partial charge is 0.161 e. The lowest BCUT2D eigenvalue weighted by Crippen LogP contribution is -1.93. The second kappa shape index (κ2) is 5.46. The Labute approximate surface area is 106 Å². The van der Waals surface area contributed by atoms with E-state index >= 15 is 0 Å². The number of benzene rings is 2.